The highest BCUT2D eigenvalue weighted by Gasteiger charge is 2.22. The lowest BCUT2D eigenvalue weighted by molar-refractivity contribution is -0.117. The Morgan fingerprint density at radius 2 is 2.00 bits per heavy atom. The molecule has 116 valence electrons. The van der Waals surface area contributed by atoms with Gasteiger partial charge in [0.15, 0.2) is 0 Å². The van der Waals surface area contributed by atoms with E-state index < -0.39 is 5.82 Å². The number of likely N-dealkylation sites (tertiary alicyclic amines) is 1. The Labute approximate surface area is 133 Å². The molecular formula is C17H19FN2OS. The Bertz CT molecular complexity index is 621. The zero-order valence-electron chi connectivity index (χ0n) is 12.3. The molecule has 1 fully saturated rings. The highest BCUT2D eigenvalue weighted by molar-refractivity contribution is 7.10. The van der Waals surface area contributed by atoms with Gasteiger partial charge < -0.3 is 5.32 Å². The average Bonchev–Trinajstić information content (AvgIpc) is 3.05. The number of carbonyl (C=O) groups excluding carboxylic acids is 1. The van der Waals surface area contributed by atoms with Gasteiger partial charge in [-0.2, -0.15) is 0 Å². The predicted octanol–water partition coefficient (Wildman–Crippen LogP) is 3.71. The van der Waals surface area contributed by atoms with Crippen LogP contribution in [0.1, 0.15) is 23.6 Å². The SMILES string of the molecule is O=C(CN1CCC(c2cccs2)CC1)Nc1ccccc1F. The molecule has 2 aromatic rings. The van der Waals surface area contributed by atoms with Gasteiger partial charge >= 0.3 is 0 Å². The molecule has 1 amide bonds. The Morgan fingerprint density at radius 1 is 1.23 bits per heavy atom. The molecule has 0 spiro atoms. The molecule has 0 aliphatic carbocycles. The van der Waals surface area contributed by atoms with Crippen LogP contribution in [0.2, 0.25) is 0 Å². The van der Waals surface area contributed by atoms with Gasteiger partial charge in [0.05, 0.1) is 12.2 Å². The van der Waals surface area contributed by atoms with Crippen LogP contribution in [0, 0.1) is 5.82 Å². The highest BCUT2D eigenvalue weighted by atomic mass is 32.1. The molecule has 1 aliphatic rings. The fourth-order valence-electron chi connectivity index (χ4n) is 2.85. The number of nitrogens with one attached hydrogen (secondary N) is 1. The molecule has 0 atom stereocenters. The maximum atomic E-state index is 13.5. The minimum Gasteiger partial charge on any atom is -0.322 e. The maximum absolute atomic E-state index is 13.5. The summed E-state index contributed by atoms with van der Waals surface area (Å²) in [7, 11) is 0. The van der Waals surface area contributed by atoms with E-state index in [9.17, 15) is 9.18 Å². The monoisotopic (exact) mass is 318 g/mol. The summed E-state index contributed by atoms with van der Waals surface area (Å²) < 4.78 is 13.5. The van der Waals surface area contributed by atoms with E-state index in [1.54, 1.807) is 18.2 Å². The van der Waals surface area contributed by atoms with Crippen molar-refractivity contribution < 1.29 is 9.18 Å². The standard InChI is InChI=1S/C17H19FN2OS/c18-14-4-1-2-5-15(14)19-17(21)12-20-9-7-13(8-10-20)16-6-3-11-22-16/h1-6,11,13H,7-10,12H2,(H,19,21). The summed E-state index contributed by atoms with van der Waals surface area (Å²) >= 11 is 1.81. The molecule has 0 saturated carbocycles. The van der Waals surface area contributed by atoms with Crippen molar-refractivity contribution in [3.05, 3.63) is 52.5 Å². The number of amides is 1. The van der Waals surface area contributed by atoms with Crippen molar-refractivity contribution in [1.29, 1.82) is 0 Å². The number of para-hydroxylation sites is 1. The number of nitrogens with zero attached hydrogens (tertiary/aromatic N) is 1. The Balaban J connectivity index is 1.48. The number of rotatable bonds is 4. The van der Waals surface area contributed by atoms with Gasteiger partial charge in [-0.3, -0.25) is 9.69 Å². The zero-order valence-corrected chi connectivity index (χ0v) is 13.1. The van der Waals surface area contributed by atoms with Crippen molar-refractivity contribution in [3.8, 4) is 0 Å². The molecule has 0 radical (unpaired) electrons. The smallest absolute Gasteiger partial charge is 0.238 e. The van der Waals surface area contributed by atoms with Crippen LogP contribution in [0.4, 0.5) is 10.1 Å². The highest BCUT2D eigenvalue weighted by Crippen LogP contribution is 2.30. The first-order chi connectivity index (χ1) is 10.7. The van der Waals surface area contributed by atoms with Crippen molar-refractivity contribution in [3.63, 3.8) is 0 Å². The molecule has 1 aliphatic heterocycles. The van der Waals surface area contributed by atoms with E-state index in [1.807, 2.05) is 11.3 Å². The normalized spacial score (nSPS) is 16.6. The van der Waals surface area contributed by atoms with Crippen LogP contribution in [0.15, 0.2) is 41.8 Å². The third kappa shape index (κ3) is 3.72. The van der Waals surface area contributed by atoms with E-state index in [2.05, 4.69) is 27.7 Å². The van der Waals surface area contributed by atoms with Crippen LogP contribution < -0.4 is 5.32 Å². The predicted molar refractivity (Wildman–Crippen MR) is 87.8 cm³/mol. The molecule has 2 heterocycles. The minimum atomic E-state index is -0.396. The zero-order chi connectivity index (χ0) is 15.4. The van der Waals surface area contributed by atoms with E-state index >= 15 is 0 Å². The largest absolute Gasteiger partial charge is 0.322 e. The van der Waals surface area contributed by atoms with Gasteiger partial charge in [-0.15, -0.1) is 11.3 Å². The van der Waals surface area contributed by atoms with Gasteiger partial charge in [-0.1, -0.05) is 18.2 Å². The number of anilines is 1. The molecule has 1 N–H and O–H groups in total. The van der Waals surface area contributed by atoms with Crippen molar-refractivity contribution in [1.82, 2.24) is 4.90 Å². The lowest BCUT2D eigenvalue weighted by Crippen LogP contribution is -2.38. The van der Waals surface area contributed by atoms with Gasteiger partial charge in [-0.25, -0.2) is 4.39 Å². The number of hydrogen-bond acceptors (Lipinski definition) is 3. The summed E-state index contributed by atoms with van der Waals surface area (Å²) in [5, 5.41) is 4.76. The third-order valence-electron chi connectivity index (χ3n) is 4.05. The Hall–Kier alpha value is -1.72. The van der Waals surface area contributed by atoms with E-state index in [0.717, 1.165) is 25.9 Å². The van der Waals surface area contributed by atoms with Gasteiger partial charge in [0.1, 0.15) is 5.82 Å². The first-order valence-electron chi connectivity index (χ1n) is 7.52. The summed E-state index contributed by atoms with van der Waals surface area (Å²) in [5.74, 6) is 0.0674. The molecule has 1 saturated heterocycles. The number of benzene rings is 1. The number of carbonyl (C=O) groups is 1. The molecule has 0 unspecified atom stereocenters. The van der Waals surface area contributed by atoms with Crippen molar-refractivity contribution >= 4 is 22.9 Å². The molecule has 5 heteroatoms. The second-order valence-corrected chi connectivity index (χ2v) is 6.57. The first kappa shape index (κ1) is 15.2. The lowest BCUT2D eigenvalue weighted by Gasteiger charge is -2.30. The van der Waals surface area contributed by atoms with Gasteiger partial charge in [-0.05, 0) is 55.4 Å². The van der Waals surface area contributed by atoms with E-state index in [-0.39, 0.29) is 11.6 Å². The topological polar surface area (TPSA) is 32.3 Å². The van der Waals surface area contributed by atoms with Crippen LogP contribution in [0.25, 0.3) is 0 Å². The Morgan fingerprint density at radius 3 is 2.68 bits per heavy atom. The molecule has 0 bridgehead atoms. The van der Waals surface area contributed by atoms with Crippen LogP contribution in [-0.2, 0) is 4.79 Å². The summed E-state index contributed by atoms with van der Waals surface area (Å²) in [5.41, 5.74) is 0.251. The first-order valence-corrected chi connectivity index (χ1v) is 8.40. The minimum absolute atomic E-state index is 0.153. The summed E-state index contributed by atoms with van der Waals surface area (Å²) in [6.07, 6.45) is 2.15. The fourth-order valence-corrected chi connectivity index (χ4v) is 3.75. The summed E-state index contributed by atoms with van der Waals surface area (Å²) in [6, 6.07) is 10.5. The fraction of sp³-hybridized carbons (Fsp3) is 0.353. The van der Waals surface area contributed by atoms with Gasteiger partial charge in [0, 0.05) is 4.88 Å². The molecular weight excluding hydrogens is 299 g/mol. The van der Waals surface area contributed by atoms with Gasteiger partial charge in [0.25, 0.3) is 0 Å². The Kier molecular flexibility index (Phi) is 4.85. The molecule has 3 rings (SSSR count). The molecule has 1 aromatic carbocycles. The maximum Gasteiger partial charge on any atom is 0.238 e. The van der Waals surface area contributed by atoms with Crippen LogP contribution in [0.5, 0.6) is 0 Å². The number of halogens is 1. The van der Waals surface area contributed by atoms with Crippen molar-refractivity contribution in [2.75, 3.05) is 25.0 Å². The van der Waals surface area contributed by atoms with E-state index in [1.165, 1.54) is 10.9 Å². The third-order valence-corrected chi connectivity index (χ3v) is 5.08. The number of hydrogen-bond donors (Lipinski definition) is 1. The second-order valence-electron chi connectivity index (χ2n) is 5.59. The molecule has 22 heavy (non-hydrogen) atoms. The van der Waals surface area contributed by atoms with Crippen LogP contribution in [0.3, 0.4) is 0 Å². The van der Waals surface area contributed by atoms with Crippen LogP contribution >= 0.6 is 11.3 Å². The summed E-state index contributed by atoms with van der Waals surface area (Å²) in [6.45, 7) is 2.14. The lowest BCUT2D eigenvalue weighted by atomic mass is 9.95. The summed E-state index contributed by atoms with van der Waals surface area (Å²) in [4.78, 5) is 15.6. The van der Waals surface area contributed by atoms with Crippen molar-refractivity contribution in [2.24, 2.45) is 0 Å². The quantitative estimate of drug-likeness (QED) is 0.932. The van der Waals surface area contributed by atoms with Crippen LogP contribution in [-0.4, -0.2) is 30.4 Å². The van der Waals surface area contributed by atoms with E-state index in [4.69, 9.17) is 0 Å². The van der Waals surface area contributed by atoms with Gasteiger partial charge in [0.2, 0.25) is 5.91 Å². The number of piperidine rings is 1. The molecule has 1 aromatic heterocycles. The van der Waals surface area contributed by atoms with E-state index in [0.29, 0.717) is 12.5 Å². The second kappa shape index (κ2) is 7.03. The van der Waals surface area contributed by atoms with Crippen molar-refractivity contribution in [2.45, 2.75) is 18.8 Å². The molecule has 3 nitrogen and oxygen atoms in total. The average molecular weight is 318 g/mol. The number of thiophene rings is 1.